The van der Waals surface area contributed by atoms with Gasteiger partial charge in [-0.25, -0.2) is 0 Å². The number of nitrogens with zero attached hydrogens (tertiary/aromatic N) is 2. The summed E-state index contributed by atoms with van der Waals surface area (Å²) in [6.07, 6.45) is 7.00. The molecule has 178 valence electrons. The summed E-state index contributed by atoms with van der Waals surface area (Å²) in [6, 6.07) is 10.1. The monoisotopic (exact) mass is 555 g/mol. The molecule has 0 spiro atoms. The Balaban J connectivity index is 0.00000363. The van der Waals surface area contributed by atoms with E-state index in [0.29, 0.717) is 25.4 Å². The highest BCUT2D eigenvalue weighted by Gasteiger charge is 2.31. The molecule has 1 saturated carbocycles. The van der Waals surface area contributed by atoms with Crippen LogP contribution in [0.5, 0.6) is 0 Å². The van der Waals surface area contributed by atoms with Crippen molar-refractivity contribution in [1.29, 1.82) is 0 Å². The van der Waals surface area contributed by atoms with E-state index in [1.54, 1.807) is 0 Å². The third-order valence-electron chi connectivity index (χ3n) is 6.08. The molecule has 1 aromatic rings. The first-order valence-electron chi connectivity index (χ1n) is 11.8. The van der Waals surface area contributed by atoms with Gasteiger partial charge in [-0.15, -0.1) is 24.0 Å². The zero-order chi connectivity index (χ0) is 21.9. The van der Waals surface area contributed by atoms with Crippen molar-refractivity contribution in [2.75, 3.05) is 26.2 Å². The molecule has 1 aromatic carbocycles. The first kappa shape index (κ1) is 26.4. The standard InChI is InChI=1S/C24H37N5O2.HI/c1-2-25-24(26-15-13-22(30)27-17-19-9-5-3-6-10-19)28-21-14-16-29(18-21)23(31)20-11-7-4-8-12-20;/h3,5-6,9-10,20-21H,2,4,7-8,11-18H2,1H3,(H,27,30)(H2,25,26,28);1H. The number of carbonyl (C=O) groups is 2. The summed E-state index contributed by atoms with van der Waals surface area (Å²) in [4.78, 5) is 31.5. The van der Waals surface area contributed by atoms with E-state index in [2.05, 4.69) is 20.9 Å². The van der Waals surface area contributed by atoms with Gasteiger partial charge in [-0.2, -0.15) is 0 Å². The number of rotatable bonds is 8. The van der Waals surface area contributed by atoms with Gasteiger partial charge in [-0.05, 0) is 31.7 Å². The maximum absolute atomic E-state index is 12.8. The minimum Gasteiger partial charge on any atom is -0.357 e. The Hall–Kier alpha value is -1.84. The largest absolute Gasteiger partial charge is 0.357 e. The number of benzene rings is 1. The Morgan fingerprint density at radius 1 is 1.06 bits per heavy atom. The molecule has 1 unspecified atom stereocenters. The number of amides is 2. The summed E-state index contributed by atoms with van der Waals surface area (Å²) < 4.78 is 0. The molecule has 3 rings (SSSR count). The van der Waals surface area contributed by atoms with Crippen LogP contribution in [0.2, 0.25) is 0 Å². The maximum atomic E-state index is 12.8. The molecule has 3 N–H and O–H groups in total. The van der Waals surface area contributed by atoms with Crippen molar-refractivity contribution < 1.29 is 9.59 Å². The van der Waals surface area contributed by atoms with Crippen LogP contribution in [-0.4, -0.2) is 54.9 Å². The van der Waals surface area contributed by atoms with E-state index < -0.39 is 0 Å². The Kier molecular flexibility index (Phi) is 11.8. The molecule has 1 atom stereocenters. The SMILES string of the molecule is CCNC(=NCCC(=O)NCc1ccccc1)NC1CCN(C(=O)C2CCCCC2)C1.I. The zero-order valence-corrected chi connectivity index (χ0v) is 21.5. The van der Waals surface area contributed by atoms with Crippen LogP contribution in [0.3, 0.4) is 0 Å². The summed E-state index contributed by atoms with van der Waals surface area (Å²) in [7, 11) is 0. The lowest BCUT2D eigenvalue weighted by Gasteiger charge is -2.26. The fourth-order valence-corrected chi connectivity index (χ4v) is 4.35. The number of likely N-dealkylation sites (tertiary alicyclic amines) is 1. The highest BCUT2D eigenvalue weighted by molar-refractivity contribution is 14.0. The van der Waals surface area contributed by atoms with Crippen molar-refractivity contribution in [1.82, 2.24) is 20.9 Å². The third kappa shape index (κ3) is 8.60. The summed E-state index contributed by atoms with van der Waals surface area (Å²) in [5.41, 5.74) is 1.09. The number of carbonyl (C=O) groups excluding carboxylic acids is 2. The topological polar surface area (TPSA) is 85.8 Å². The first-order chi connectivity index (χ1) is 15.2. The summed E-state index contributed by atoms with van der Waals surface area (Å²) in [5, 5.41) is 9.64. The first-order valence-corrected chi connectivity index (χ1v) is 11.8. The fourth-order valence-electron chi connectivity index (χ4n) is 4.35. The average molecular weight is 556 g/mol. The van der Waals surface area contributed by atoms with Gasteiger partial charge in [0, 0.05) is 44.6 Å². The molecule has 2 fully saturated rings. The van der Waals surface area contributed by atoms with Crippen molar-refractivity contribution in [3.63, 3.8) is 0 Å². The van der Waals surface area contributed by atoms with Crippen molar-refractivity contribution >= 4 is 41.8 Å². The van der Waals surface area contributed by atoms with E-state index in [0.717, 1.165) is 50.4 Å². The highest BCUT2D eigenvalue weighted by atomic mass is 127. The van der Waals surface area contributed by atoms with Crippen LogP contribution >= 0.6 is 24.0 Å². The quantitative estimate of drug-likeness (QED) is 0.262. The number of halogens is 1. The average Bonchev–Trinajstić information content (AvgIpc) is 3.27. The molecule has 8 heteroatoms. The van der Waals surface area contributed by atoms with Gasteiger partial charge in [0.05, 0.1) is 6.54 Å². The predicted octanol–water partition coefficient (Wildman–Crippen LogP) is 3.05. The minimum atomic E-state index is -0.00595. The van der Waals surface area contributed by atoms with Gasteiger partial charge in [0.15, 0.2) is 5.96 Å². The van der Waals surface area contributed by atoms with Crippen LogP contribution in [0.1, 0.15) is 57.4 Å². The Bertz CT molecular complexity index is 737. The molecule has 1 aliphatic carbocycles. The lowest BCUT2D eigenvalue weighted by atomic mass is 9.88. The molecule has 2 amide bonds. The van der Waals surface area contributed by atoms with Crippen LogP contribution in [0.25, 0.3) is 0 Å². The van der Waals surface area contributed by atoms with Crippen molar-refractivity contribution in [2.24, 2.45) is 10.9 Å². The van der Waals surface area contributed by atoms with Crippen LogP contribution in [0.15, 0.2) is 35.3 Å². The number of aliphatic imine (C=N–C) groups is 1. The number of guanidine groups is 1. The van der Waals surface area contributed by atoms with Gasteiger partial charge >= 0.3 is 0 Å². The van der Waals surface area contributed by atoms with Gasteiger partial charge in [-0.3, -0.25) is 14.6 Å². The Morgan fingerprint density at radius 3 is 2.53 bits per heavy atom. The maximum Gasteiger partial charge on any atom is 0.225 e. The smallest absolute Gasteiger partial charge is 0.225 e. The summed E-state index contributed by atoms with van der Waals surface area (Å²) in [6.45, 7) is 5.29. The van der Waals surface area contributed by atoms with E-state index in [1.807, 2.05) is 42.2 Å². The lowest BCUT2D eigenvalue weighted by Crippen LogP contribution is -2.45. The second kappa shape index (κ2) is 14.3. The van der Waals surface area contributed by atoms with E-state index in [4.69, 9.17) is 0 Å². The molecule has 1 aliphatic heterocycles. The van der Waals surface area contributed by atoms with Crippen molar-refractivity contribution in [3.8, 4) is 0 Å². The van der Waals surface area contributed by atoms with Gasteiger partial charge in [0.1, 0.15) is 0 Å². The molecule has 0 bridgehead atoms. The molecular formula is C24H38IN5O2. The fraction of sp³-hybridized carbons (Fsp3) is 0.625. The Labute approximate surface area is 209 Å². The highest BCUT2D eigenvalue weighted by Crippen LogP contribution is 2.26. The van der Waals surface area contributed by atoms with E-state index in [1.165, 1.54) is 19.3 Å². The van der Waals surface area contributed by atoms with Crippen molar-refractivity contribution in [3.05, 3.63) is 35.9 Å². The van der Waals surface area contributed by atoms with Gasteiger partial charge in [-0.1, -0.05) is 49.6 Å². The lowest BCUT2D eigenvalue weighted by molar-refractivity contribution is -0.135. The number of hydrogen-bond donors (Lipinski definition) is 3. The molecule has 1 heterocycles. The van der Waals surface area contributed by atoms with Crippen molar-refractivity contribution in [2.45, 2.75) is 64.5 Å². The van der Waals surface area contributed by atoms with Crippen LogP contribution in [0.4, 0.5) is 0 Å². The van der Waals surface area contributed by atoms with E-state index in [9.17, 15) is 9.59 Å². The minimum absolute atomic E-state index is 0. The molecule has 2 aliphatic rings. The molecule has 32 heavy (non-hydrogen) atoms. The van der Waals surface area contributed by atoms with E-state index >= 15 is 0 Å². The third-order valence-corrected chi connectivity index (χ3v) is 6.08. The molecule has 7 nitrogen and oxygen atoms in total. The summed E-state index contributed by atoms with van der Waals surface area (Å²) >= 11 is 0. The van der Waals surface area contributed by atoms with Gasteiger partial charge in [0.25, 0.3) is 0 Å². The van der Waals surface area contributed by atoms with Crippen LogP contribution in [0, 0.1) is 5.92 Å². The molecular weight excluding hydrogens is 517 g/mol. The number of hydrogen-bond acceptors (Lipinski definition) is 3. The second-order valence-corrected chi connectivity index (χ2v) is 8.52. The predicted molar refractivity (Wildman–Crippen MR) is 139 cm³/mol. The molecule has 1 saturated heterocycles. The summed E-state index contributed by atoms with van der Waals surface area (Å²) in [5.74, 6) is 1.27. The molecule has 0 aromatic heterocycles. The normalized spacial score (nSPS) is 19.2. The number of nitrogens with one attached hydrogen (secondary N) is 3. The Morgan fingerprint density at radius 2 is 1.81 bits per heavy atom. The zero-order valence-electron chi connectivity index (χ0n) is 19.1. The van der Waals surface area contributed by atoms with Gasteiger partial charge < -0.3 is 20.9 Å². The van der Waals surface area contributed by atoms with E-state index in [-0.39, 0.29) is 41.8 Å². The molecule has 0 radical (unpaired) electrons. The van der Waals surface area contributed by atoms with Crippen LogP contribution in [-0.2, 0) is 16.1 Å². The van der Waals surface area contributed by atoms with Crippen LogP contribution < -0.4 is 16.0 Å². The second-order valence-electron chi connectivity index (χ2n) is 8.52. The van der Waals surface area contributed by atoms with Gasteiger partial charge in [0.2, 0.25) is 11.8 Å².